The number of hydrogen-bond donors (Lipinski definition) is 0. The molecule has 1 atom stereocenters. The van der Waals surface area contributed by atoms with Crippen molar-refractivity contribution in [2.45, 2.75) is 25.4 Å². The van der Waals surface area contributed by atoms with Crippen LogP contribution in [-0.2, 0) is 11.2 Å². The smallest absolute Gasteiger partial charge is 0.0991 e. The number of pyridine rings is 1. The zero-order valence-corrected chi connectivity index (χ0v) is 11.5. The summed E-state index contributed by atoms with van der Waals surface area (Å²) in [4.78, 5) is 4.37. The summed E-state index contributed by atoms with van der Waals surface area (Å²) < 4.78 is 5.56. The lowest BCUT2D eigenvalue weighted by molar-refractivity contribution is 0.0879. The molecular formula is C17H16N2O. The number of benzene rings is 1. The van der Waals surface area contributed by atoms with Crippen molar-refractivity contribution in [3.05, 3.63) is 53.3 Å². The van der Waals surface area contributed by atoms with Crippen LogP contribution in [0.3, 0.4) is 0 Å². The van der Waals surface area contributed by atoms with Crippen LogP contribution < -0.4 is 0 Å². The minimum Gasteiger partial charge on any atom is -0.377 e. The highest BCUT2D eigenvalue weighted by atomic mass is 16.5. The van der Waals surface area contributed by atoms with Gasteiger partial charge >= 0.3 is 0 Å². The Balaban J connectivity index is 2.08. The lowest BCUT2D eigenvalue weighted by Gasteiger charge is -2.25. The number of rotatable bonds is 2. The molecule has 0 N–H and O–H groups in total. The highest BCUT2D eigenvalue weighted by Gasteiger charge is 2.22. The molecule has 0 bridgehead atoms. The van der Waals surface area contributed by atoms with Crippen molar-refractivity contribution >= 4 is 0 Å². The van der Waals surface area contributed by atoms with Crippen molar-refractivity contribution in [2.75, 3.05) is 7.11 Å². The summed E-state index contributed by atoms with van der Waals surface area (Å²) in [6.45, 7) is 0. The van der Waals surface area contributed by atoms with E-state index in [1.54, 1.807) is 7.11 Å². The van der Waals surface area contributed by atoms with Gasteiger partial charge in [0.15, 0.2) is 0 Å². The van der Waals surface area contributed by atoms with Crippen molar-refractivity contribution in [1.82, 2.24) is 4.98 Å². The fourth-order valence-corrected chi connectivity index (χ4v) is 2.90. The Kier molecular flexibility index (Phi) is 3.49. The molecule has 0 saturated carbocycles. The first-order valence-electron chi connectivity index (χ1n) is 6.83. The van der Waals surface area contributed by atoms with E-state index in [4.69, 9.17) is 10.00 Å². The van der Waals surface area contributed by atoms with Gasteiger partial charge in [-0.05, 0) is 42.5 Å². The van der Waals surface area contributed by atoms with E-state index in [0.717, 1.165) is 30.4 Å². The summed E-state index contributed by atoms with van der Waals surface area (Å²) in [6.07, 6.45) is 7.26. The lowest BCUT2D eigenvalue weighted by Crippen LogP contribution is -2.13. The number of aromatic nitrogens is 1. The largest absolute Gasteiger partial charge is 0.377 e. The van der Waals surface area contributed by atoms with E-state index in [2.05, 4.69) is 11.1 Å². The third-order valence-corrected chi connectivity index (χ3v) is 3.94. The third-order valence-electron chi connectivity index (χ3n) is 3.94. The van der Waals surface area contributed by atoms with E-state index in [0.29, 0.717) is 5.56 Å². The van der Waals surface area contributed by atoms with E-state index in [-0.39, 0.29) is 6.10 Å². The number of nitrogens with zero attached hydrogens (tertiary/aromatic N) is 2. The van der Waals surface area contributed by atoms with Crippen LogP contribution in [0.2, 0.25) is 0 Å². The van der Waals surface area contributed by atoms with E-state index >= 15 is 0 Å². The van der Waals surface area contributed by atoms with Gasteiger partial charge in [0, 0.05) is 30.6 Å². The number of methoxy groups -OCH3 is 1. The molecule has 0 amide bonds. The number of fused-ring (bicyclic) bond motifs is 1. The lowest BCUT2D eigenvalue weighted by atomic mass is 9.86. The van der Waals surface area contributed by atoms with Gasteiger partial charge < -0.3 is 4.74 Å². The van der Waals surface area contributed by atoms with Gasteiger partial charge in [-0.1, -0.05) is 12.1 Å². The van der Waals surface area contributed by atoms with Crippen LogP contribution in [0.4, 0.5) is 0 Å². The van der Waals surface area contributed by atoms with E-state index in [1.165, 1.54) is 11.1 Å². The van der Waals surface area contributed by atoms with Crippen molar-refractivity contribution in [3.63, 3.8) is 0 Å². The van der Waals surface area contributed by atoms with Crippen LogP contribution in [0.25, 0.3) is 11.1 Å². The molecule has 0 aliphatic heterocycles. The molecule has 1 unspecified atom stereocenters. The van der Waals surface area contributed by atoms with Crippen molar-refractivity contribution in [3.8, 4) is 17.2 Å². The Morgan fingerprint density at radius 1 is 1.25 bits per heavy atom. The quantitative estimate of drug-likeness (QED) is 0.831. The summed E-state index contributed by atoms with van der Waals surface area (Å²) in [5, 5.41) is 8.88. The average Bonchev–Trinajstić information content (AvgIpc) is 2.54. The van der Waals surface area contributed by atoms with Crippen LogP contribution in [0.15, 0.2) is 36.7 Å². The maximum atomic E-state index is 8.88. The number of ether oxygens (including phenoxy) is 1. The van der Waals surface area contributed by atoms with E-state index < -0.39 is 0 Å². The first kappa shape index (κ1) is 12.8. The molecule has 0 fully saturated rings. The highest BCUT2D eigenvalue weighted by molar-refractivity contribution is 5.68. The number of nitriles is 1. The molecule has 0 saturated heterocycles. The normalized spacial score (nSPS) is 17.3. The molecule has 100 valence electrons. The van der Waals surface area contributed by atoms with Gasteiger partial charge in [0.25, 0.3) is 0 Å². The minimum atomic E-state index is 0.157. The van der Waals surface area contributed by atoms with Gasteiger partial charge in [-0.25, -0.2) is 0 Å². The molecule has 1 aliphatic rings. The first-order chi connectivity index (χ1) is 9.83. The maximum absolute atomic E-state index is 8.88. The predicted octanol–water partition coefficient (Wildman–Crippen LogP) is 3.64. The Hall–Kier alpha value is -2.18. The Morgan fingerprint density at radius 2 is 2.05 bits per heavy atom. The van der Waals surface area contributed by atoms with Crippen molar-refractivity contribution in [2.24, 2.45) is 0 Å². The zero-order chi connectivity index (χ0) is 13.9. The van der Waals surface area contributed by atoms with E-state index in [9.17, 15) is 0 Å². The topological polar surface area (TPSA) is 45.9 Å². The summed E-state index contributed by atoms with van der Waals surface area (Å²) in [7, 11) is 1.76. The highest BCUT2D eigenvalue weighted by Crippen LogP contribution is 2.36. The minimum absolute atomic E-state index is 0.157. The average molecular weight is 264 g/mol. The van der Waals surface area contributed by atoms with E-state index in [1.807, 2.05) is 36.7 Å². The molecule has 3 nitrogen and oxygen atoms in total. The molecule has 0 radical (unpaired) electrons. The monoisotopic (exact) mass is 264 g/mol. The maximum Gasteiger partial charge on any atom is 0.0991 e. The second-order valence-corrected chi connectivity index (χ2v) is 5.06. The predicted molar refractivity (Wildman–Crippen MR) is 77.1 cm³/mol. The Morgan fingerprint density at radius 3 is 2.75 bits per heavy atom. The van der Waals surface area contributed by atoms with Crippen molar-refractivity contribution in [1.29, 1.82) is 5.26 Å². The molecule has 2 aromatic rings. The van der Waals surface area contributed by atoms with Crippen LogP contribution in [0, 0.1) is 11.3 Å². The molecule has 1 aromatic carbocycles. The van der Waals surface area contributed by atoms with Crippen LogP contribution in [-0.4, -0.2) is 12.1 Å². The van der Waals surface area contributed by atoms with Gasteiger partial charge in [-0.15, -0.1) is 0 Å². The van der Waals surface area contributed by atoms with Crippen LogP contribution in [0.5, 0.6) is 0 Å². The first-order valence-corrected chi connectivity index (χ1v) is 6.83. The molecule has 1 aromatic heterocycles. The summed E-state index contributed by atoms with van der Waals surface area (Å²) in [5.41, 5.74) is 5.50. The second-order valence-electron chi connectivity index (χ2n) is 5.06. The van der Waals surface area contributed by atoms with Gasteiger partial charge in [0.05, 0.1) is 17.7 Å². The van der Waals surface area contributed by atoms with Gasteiger partial charge in [-0.2, -0.15) is 5.26 Å². The fraction of sp³-hybridized carbons (Fsp3) is 0.294. The molecule has 0 spiro atoms. The third kappa shape index (κ3) is 2.19. The van der Waals surface area contributed by atoms with Crippen molar-refractivity contribution < 1.29 is 4.74 Å². The van der Waals surface area contributed by atoms with Gasteiger partial charge in [-0.3, -0.25) is 4.98 Å². The molecule has 3 rings (SSSR count). The van der Waals surface area contributed by atoms with Crippen LogP contribution >= 0.6 is 0 Å². The van der Waals surface area contributed by atoms with Crippen LogP contribution in [0.1, 0.15) is 35.6 Å². The fourth-order valence-electron chi connectivity index (χ4n) is 2.90. The number of hydrogen-bond acceptors (Lipinski definition) is 3. The standard InChI is InChI=1S/C17H16N2O/c1-20-17-4-2-3-14-15(10-19-11-16(14)17)13-7-5-12(9-18)6-8-13/h5-8,10-11,17H,2-4H2,1H3. The second kappa shape index (κ2) is 5.44. The SMILES string of the molecule is COC1CCCc2c(-c3ccc(C#N)cc3)cncc21. The molecule has 20 heavy (non-hydrogen) atoms. The summed E-state index contributed by atoms with van der Waals surface area (Å²) in [6, 6.07) is 9.84. The van der Waals surface area contributed by atoms with Gasteiger partial charge in [0.2, 0.25) is 0 Å². The summed E-state index contributed by atoms with van der Waals surface area (Å²) in [5.74, 6) is 0. The Labute approximate surface area is 118 Å². The van der Waals surface area contributed by atoms with Gasteiger partial charge in [0.1, 0.15) is 0 Å². The Bertz CT molecular complexity index is 656. The molecular weight excluding hydrogens is 248 g/mol. The molecule has 1 aliphatic carbocycles. The molecule has 1 heterocycles. The zero-order valence-electron chi connectivity index (χ0n) is 11.5. The summed E-state index contributed by atoms with van der Waals surface area (Å²) >= 11 is 0. The molecule has 3 heteroatoms.